The van der Waals surface area contributed by atoms with E-state index < -0.39 is 10.8 Å². The second-order valence-electron chi connectivity index (χ2n) is 4.91. The average Bonchev–Trinajstić information content (AvgIpc) is 2.93. The Morgan fingerprint density at radius 2 is 2.33 bits per heavy atom. The molecule has 2 aromatic heterocycles. The Balaban J connectivity index is 1.80. The number of fused-ring (bicyclic) bond motifs is 1. The Bertz CT molecular complexity index is 713. The first-order valence-corrected chi connectivity index (χ1v) is 10.0. The highest BCUT2D eigenvalue weighted by atomic mass is 32.2. The van der Waals surface area contributed by atoms with E-state index in [2.05, 4.69) is 0 Å². The summed E-state index contributed by atoms with van der Waals surface area (Å²) < 4.78 is 25.0. The zero-order valence-corrected chi connectivity index (χ0v) is 14.1. The molecule has 0 radical (unpaired) electrons. The Morgan fingerprint density at radius 1 is 1.48 bits per heavy atom. The van der Waals surface area contributed by atoms with E-state index in [1.54, 1.807) is 6.26 Å². The molecule has 0 aliphatic carbocycles. The Labute approximate surface area is 133 Å². The van der Waals surface area contributed by atoms with Gasteiger partial charge in [-0.05, 0) is 25.3 Å². The van der Waals surface area contributed by atoms with Crippen molar-refractivity contribution in [3.05, 3.63) is 27.2 Å². The lowest BCUT2D eigenvalue weighted by Crippen LogP contribution is -2.23. The zero-order valence-electron chi connectivity index (χ0n) is 11.6. The van der Waals surface area contributed by atoms with Gasteiger partial charge in [0.1, 0.15) is 0 Å². The molecular weight excluding hydrogens is 328 g/mol. The first kappa shape index (κ1) is 15.3. The fraction of sp³-hybridized carbons (Fsp3) is 0.500. The van der Waals surface area contributed by atoms with E-state index in [1.165, 1.54) is 22.7 Å². The van der Waals surface area contributed by atoms with Crippen LogP contribution < -0.4 is 5.43 Å². The quantitative estimate of drug-likeness (QED) is 0.855. The summed E-state index contributed by atoms with van der Waals surface area (Å²) in [6.45, 7) is 1.01. The van der Waals surface area contributed by atoms with Crippen LogP contribution in [0.25, 0.3) is 9.40 Å². The third-order valence-corrected chi connectivity index (χ3v) is 7.02. The molecule has 1 fully saturated rings. The van der Waals surface area contributed by atoms with Crippen molar-refractivity contribution in [2.24, 2.45) is 0 Å². The fourth-order valence-electron chi connectivity index (χ4n) is 2.20. The lowest BCUT2D eigenvalue weighted by molar-refractivity contribution is -0.169. The molecule has 0 aromatic carbocycles. The standard InChI is InChI=1S/C14H16O4S3/c1-21(16)12-6-10-14(20-12)13(15)9(8-19-10)7-18-11-4-2-3-5-17-11/h6,8,11H,2-5,7H2,1H3. The van der Waals surface area contributed by atoms with Crippen LogP contribution in [0.4, 0.5) is 0 Å². The summed E-state index contributed by atoms with van der Waals surface area (Å²) in [6, 6.07) is 1.84. The van der Waals surface area contributed by atoms with Crippen molar-refractivity contribution in [2.75, 3.05) is 12.9 Å². The Morgan fingerprint density at radius 3 is 3.05 bits per heavy atom. The molecule has 2 aromatic rings. The second kappa shape index (κ2) is 6.66. The smallest absolute Gasteiger partial charge is 0.203 e. The monoisotopic (exact) mass is 344 g/mol. The predicted molar refractivity (Wildman–Crippen MR) is 86.7 cm³/mol. The van der Waals surface area contributed by atoms with Crippen LogP contribution in [0.2, 0.25) is 0 Å². The fourth-order valence-corrected chi connectivity index (χ4v) is 5.21. The maximum absolute atomic E-state index is 12.4. The normalized spacial score (nSPS) is 20.7. The second-order valence-corrected chi connectivity index (χ2v) is 8.48. The third-order valence-electron chi connectivity index (χ3n) is 3.35. The summed E-state index contributed by atoms with van der Waals surface area (Å²) >= 11 is 2.82. The van der Waals surface area contributed by atoms with Crippen LogP contribution in [0.1, 0.15) is 24.8 Å². The summed E-state index contributed by atoms with van der Waals surface area (Å²) in [5.41, 5.74) is 0.637. The van der Waals surface area contributed by atoms with E-state index in [1.807, 2.05) is 11.4 Å². The van der Waals surface area contributed by atoms with Crippen LogP contribution in [-0.2, 0) is 26.9 Å². The molecule has 0 saturated carbocycles. The van der Waals surface area contributed by atoms with Crippen molar-refractivity contribution < 1.29 is 13.7 Å². The maximum Gasteiger partial charge on any atom is 0.203 e. The SMILES string of the molecule is CS(=O)c1cc2scc(COC3CCCCO3)c(=O)c2s1. The highest BCUT2D eigenvalue weighted by Gasteiger charge is 2.16. The van der Waals surface area contributed by atoms with Crippen molar-refractivity contribution in [3.63, 3.8) is 0 Å². The first-order valence-electron chi connectivity index (χ1n) is 6.76. The van der Waals surface area contributed by atoms with Gasteiger partial charge in [-0.1, -0.05) is 0 Å². The number of rotatable bonds is 4. The van der Waals surface area contributed by atoms with Gasteiger partial charge < -0.3 is 9.47 Å². The Hall–Kier alpha value is -0.600. The molecule has 2 unspecified atom stereocenters. The van der Waals surface area contributed by atoms with Gasteiger partial charge in [0.2, 0.25) is 5.43 Å². The molecule has 2 atom stereocenters. The molecule has 1 aliphatic rings. The van der Waals surface area contributed by atoms with E-state index in [-0.39, 0.29) is 18.3 Å². The minimum atomic E-state index is -1.05. The molecule has 21 heavy (non-hydrogen) atoms. The molecule has 3 rings (SSSR count). The summed E-state index contributed by atoms with van der Waals surface area (Å²) in [4.78, 5) is 12.4. The van der Waals surface area contributed by atoms with Gasteiger partial charge in [-0.15, -0.1) is 22.7 Å². The highest BCUT2D eigenvalue weighted by molar-refractivity contribution is 7.86. The molecule has 4 nitrogen and oxygen atoms in total. The van der Waals surface area contributed by atoms with Crippen LogP contribution in [-0.4, -0.2) is 23.4 Å². The molecule has 3 heterocycles. The summed E-state index contributed by atoms with van der Waals surface area (Å²) in [7, 11) is -1.05. The number of hydrogen-bond acceptors (Lipinski definition) is 6. The van der Waals surface area contributed by atoms with E-state index in [4.69, 9.17) is 9.47 Å². The van der Waals surface area contributed by atoms with Crippen molar-refractivity contribution in [3.8, 4) is 0 Å². The Kier molecular flexibility index (Phi) is 4.85. The molecule has 114 valence electrons. The van der Waals surface area contributed by atoms with Gasteiger partial charge in [0, 0.05) is 23.8 Å². The summed E-state index contributed by atoms with van der Waals surface area (Å²) in [5.74, 6) is 0. The van der Waals surface area contributed by atoms with Crippen LogP contribution in [0.3, 0.4) is 0 Å². The van der Waals surface area contributed by atoms with Gasteiger partial charge in [0.15, 0.2) is 6.29 Å². The largest absolute Gasteiger partial charge is 0.353 e. The molecule has 7 heteroatoms. The number of thiophene rings is 1. The third kappa shape index (κ3) is 3.43. The lowest BCUT2D eigenvalue weighted by Gasteiger charge is -2.22. The molecule has 0 bridgehead atoms. The highest BCUT2D eigenvalue weighted by Crippen LogP contribution is 2.28. The van der Waals surface area contributed by atoms with Gasteiger partial charge in [-0.25, -0.2) is 0 Å². The molecule has 1 aliphatic heterocycles. The van der Waals surface area contributed by atoms with E-state index >= 15 is 0 Å². The zero-order chi connectivity index (χ0) is 14.8. The molecule has 0 N–H and O–H groups in total. The van der Waals surface area contributed by atoms with Gasteiger partial charge in [0.25, 0.3) is 0 Å². The van der Waals surface area contributed by atoms with E-state index in [9.17, 15) is 9.00 Å². The predicted octanol–water partition coefficient (Wildman–Crippen LogP) is 3.10. The van der Waals surface area contributed by atoms with Gasteiger partial charge in [0.05, 0.1) is 31.0 Å². The number of ether oxygens (including phenoxy) is 2. The number of hydrogen-bond donors (Lipinski definition) is 0. The van der Waals surface area contributed by atoms with Crippen LogP contribution in [0, 0.1) is 0 Å². The summed E-state index contributed by atoms with van der Waals surface area (Å²) in [5, 5.41) is 1.84. The van der Waals surface area contributed by atoms with Gasteiger partial charge in [-0.2, -0.15) is 0 Å². The average molecular weight is 344 g/mol. The van der Waals surface area contributed by atoms with Gasteiger partial charge >= 0.3 is 0 Å². The van der Waals surface area contributed by atoms with Crippen molar-refractivity contribution in [2.45, 2.75) is 36.4 Å². The maximum atomic E-state index is 12.4. The molecular formula is C14H16O4S3. The van der Waals surface area contributed by atoms with E-state index in [0.717, 1.165) is 34.8 Å². The van der Waals surface area contributed by atoms with Crippen LogP contribution >= 0.6 is 22.7 Å². The minimum Gasteiger partial charge on any atom is -0.353 e. The minimum absolute atomic E-state index is 0.0127. The summed E-state index contributed by atoms with van der Waals surface area (Å²) in [6.07, 6.45) is 4.50. The van der Waals surface area contributed by atoms with Crippen molar-refractivity contribution in [1.82, 2.24) is 0 Å². The molecule has 0 spiro atoms. The van der Waals surface area contributed by atoms with Gasteiger partial charge in [-0.3, -0.25) is 9.00 Å². The van der Waals surface area contributed by atoms with Crippen LogP contribution in [0.5, 0.6) is 0 Å². The topological polar surface area (TPSA) is 52.6 Å². The molecule has 0 amide bonds. The van der Waals surface area contributed by atoms with Crippen molar-refractivity contribution >= 4 is 42.9 Å². The van der Waals surface area contributed by atoms with Crippen LogP contribution in [0.15, 0.2) is 20.5 Å². The van der Waals surface area contributed by atoms with Crippen molar-refractivity contribution in [1.29, 1.82) is 0 Å². The molecule has 1 saturated heterocycles. The van der Waals surface area contributed by atoms with E-state index in [0.29, 0.717) is 10.3 Å². The lowest BCUT2D eigenvalue weighted by atomic mass is 10.2. The first-order chi connectivity index (χ1) is 10.1.